The molecule has 4 rings (SSSR count). The van der Waals surface area contributed by atoms with Gasteiger partial charge in [0, 0.05) is 5.92 Å². The highest BCUT2D eigenvalue weighted by Gasteiger charge is 2.57. The minimum atomic E-state index is 0.362. The summed E-state index contributed by atoms with van der Waals surface area (Å²) in [7, 11) is 0. The second-order valence-electron chi connectivity index (χ2n) is 8.52. The van der Waals surface area contributed by atoms with Crippen LogP contribution in [0.5, 0.6) is 0 Å². The van der Waals surface area contributed by atoms with E-state index in [1.54, 1.807) is 0 Å². The zero-order valence-electron chi connectivity index (χ0n) is 13.1. The van der Waals surface area contributed by atoms with E-state index in [4.69, 9.17) is 0 Å². The summed E-state index contributed by atoms with van der Waals surface area (Å²) in [4.78, 5) is 12.8. The molecule has 20 heavy (non-hydrogen) atoms. The molecular formula is C19H28O. The smallest absolute Gasteiger partial charge is 0.159 e. The van der Waals surface area contributed by atoms with Gasteiger partial charge in [-0.2, -0.15) is 0 Å². The van der Waals surface area contributed by atoms with Gasteiger partial charge in [0.15, 0.2) is 5.78 Å². The highest BCUT2D eigenvalue weighted by molar-refractivity contribution is 5.94. The van der Waals surface area contributed by atoms with Gasteiger partial charge in [-0.05, 0) is 73.7 Å². The van der Waals surface area contributed by atoms with E-state index >= 15 is 0 Å². The second-order valence-corrected chi connectivity index (χ2v) is 8.52. The Bertz CT molecular complexity index is 476. The fraction of sp³-hybridized carbons (Fsp3) is 0.842. The molecule has 3 saturated carbocycles. The summed E-state index contributed by atoms with van der Waals surface area (Å²) in [5.41, 5.74) is 2.35. The van der Waals surface area contributed by atoms with Crippen LogP contribution in [0.3, 0.4) is 0 Å². The average Bonchev–Trinajstić information content (AvgIpc) is 2.81. The van der Waals surface area contributed by atoms with Crippen LogP contribution >= 0.6 is 0 Å². The van der Waals surface area contributed by atoms with Crippen LogP contribution in [0.2, 0.25) is 0 Å². The number of allylic oxidation sites excluding steroid dienone is 2. The van der Waals surface area contributed by atoms with Crippen molar-refractivity contribution in [2.45, 2.75) is 71.6 Å². The Kier molecular flexibility index (Phi) is 2.76. The Morgan fingerprint density at radius 1 is 1.00 bits per heavy atom. The van der Waals surface area contributed by atoms with Crippen molar-refractivity contribution in [2.75, 3.05) is 0 Å². The van der Waals surface area contributed by atoms with Crippen molar-refractivity contribution < 1.29 is 4.79 Å². The molecule has 0 bridgehead atoms. The van der Waals surface area contributed by atoms with Crippen LogP contribution in [0.1, 0.15) is 71.6 Å². The van der Waals surface area contributed by atoms with Crippen molar-refractivity contribution in [3.05, 3.63) is 11.6 Å². The number of hydrogen-bond donors (Lipinski definition) is 0. The van der Waals surface area contributed by atoms with E-state index in [0.29, 0.717) is 34.4 Å². The van der Waals surface area contributed by atoms with Gasteiger partial charge in [-0.15, -0.1) is 0 Å². The van der Waals surface area contributed by atoms with E-state index in [2.05, 4.69) is 19.9 Å². The van der Waals surface area contributed by atoms with Crippen molar-refractivity contribution >= 4 is 5.78 Å². The van der Waals surface area contributed by atoms with Crippen LogP contribution in [0.15, 0.2) is 11.6 Å². The minimum absolute atomic E-state index is 0.362. The standard InChI is InChI=1S/C19H28O/c1-18-9-5-7-14(18)17-15(8-11-18)19(2)10-4-3-6-13(19)12-16(17)20/h12,14-15,17H,3-11H2,1-2H3/t14-,15+,17-,18-,19-/m0/s1. The van der Waals surface area contributed by atoms with E-state index in [0.717, 1.165) is 0 Å². The molecule has 0 aliphatic heterocycles. The van der Waals surface area contributed by atoms with Crippen LogP contribution < -0.4 is 0 Å². The molecule has 5 atom stereocenters. The summed E-state index contributed by atoms with van der Waals surface area (Å²) >= 11 is 0. The normalized spacial score (nSPS) is 51.0. The zero-order chi connectivity index (χ0) is 14.0. The maximum absolute atomic E-state index is 12.8. The van der Waals surface area contributed by atoms with E-state index in [1.165, 1.54) is 63.4 Å². The van der Waals surface area contributed by atoms with Gasteiger partial charge < -0.3 is 0 Å². The van der Waals surface area contributed by atoms with Crippen LogP contribution in [0.4, 0.5) is 0 Å². The van der Waals surface area contributed by atoms with Crippen LogP contribution in [0.25, 0.3) is 0 Å². The molecule has 0 saturated heterocycles. The molecule has 0 aromatic heterocycles. The third-order valence-corrected chi connectivity index (χ3v) is 7.64. The Morgan fingerprint density at radius 3 is 2.70 bits per heavy atom. The molecule has 0 aromatic rings. The lowest BCUT2D eigenvalue weighted by molar-refractivity contribution is -0.132. The van der Waals surface area contributed by atoms with Crippen LogP contribution in [-0.4, -0.2) is 5.78 Å². The fourth-order valence-electron chi connectivity index (χ4n) is 6.42. The quantitative estimate of drug-likeness (QED) is 0.612. The molecule has 0 radical (unpaired) electrons. The number of carbonyl (C=O) groups is 1. The molecule has 110 valence electrons. The van der Waals surface area contributed by atoms with Crippen molar-refractivity contribution in [3.63, 3.8) is 0 Å². The first-order valence-electron chi connectivity index (χ1n) is 8.79. The number of rotatable bonds is 0. The lowest BCUT2D eigenvalue weighted by Gasteiger charge is -2.55. The first-order valence-corrected chi connectivity index (χ1v) is 8.79. The number of hydrogen-bond acceptors (Lipinski definition) is 1. The van der Waals surface area contributed by atoms with Gasteiger partial charge >= 0.3 is 0 Å². The molecule has 0 unspecified atom stereocenters. The van der Waals surface area contributed by atoms with Crippen molar-refractivity contribution in [2.24, 2.45) is 28.6 Å². The van der Waals surface area contributed by atoms with Crippen molar-refractivity contribution in [1.29, 1.82) is 0 Å². The largest absolute Gasteiger partial charge is 0.295 e. The zero-order valence-corrected chi connectivity index (χ0v) is 13.1. The number of carbonyl (C=O) groups excluding carboxylic acids is 1. The summed E-state index contributed by atoms with van der Waals surface area (Å²) < 4.78 is 0. The van der Waals surface area contributed by atoms with E-state index in [1.807, 2.05) is 0 Å². The average molecular weight is 272 g/mol. The summed E-state index contributed by atoms with van der Waals surface area (Å²) in [6, 6.07) is 0. The lowest BCUT2D eigenvalue weighted by Crippen LogP contribution is -2.51. The molecular weight excluding hydrogens is 244 g/mol. The number of fused-ring (bicyclic) bond motifs is 5. The highest BCUT2D eigenvalue weighted by atomic mass is 16.1. The molecule has 0 N–H and O–H groups in total. The molecule has 4 aliphatic carbocycles. The van der Waals surface area contributed by atoms with Crippen molar-refractivity contribution in [1.82, 2.24) is 0 Å². The number of ketones is 1. The molecule has 3 fully saturated rings. The topological polar surface area (TPSA) is 17.1 Å². The maximum Gasteiger partial charge on any atom is 0.159 e. The molecule has 0 amide bonds. The van der Waals surface area contributed by atoms with Gasteiger partial charge in [0.1, 0.15) is 0 Å². The molecule has 1 heteroatoms. The SMILES string of the molecule is C[C@@]12CCC[C@H]1[C@@H]1C(=O)C=C3CCCC[C@]3(C)[C@@H]1CC2. The third-order valence-electron chi connectivity index (χ3n) is 7.64. The van der Waals surface area contributed by atoms with Gasteiger partial charge in [-0.1, -0.05) is 32.3 Å². The molecule has 0 spiro atoms. The Morgan fingerprint density at radius 2 is 1.85 bits per heavy atom. The van der Waals surface area contributed by atoms with E-state index in [9.17, 15) is 4.79 Å². The predicted octanol–water partition coefficient (Wildman–Crippen LogP) is 4.91. The molecule has 4 aliphatic rings. The van der Waals surface area contributed by atoms with Gasteiger partial charge in [-0.3, -0.25) is 4.79 Å². The van der Waals surface area contributed by atoms with E-state index < -0.39 is 0 Å². The Labute approximate surface area is 123 Å². The lowest BCUT2D eigenvalue weighted by atomic mass is 9.48. The monoisotopic (exact) mass is 272 g/mol. The molecule has 0 heterocycles. The van der Waals surface area contributed by atoms with Gasteiger partial charge in [0.05, 0.1) is 0 Å². The van der Waals surface area contributed by atoms with Crippen molar-refractivity contribution in [3.8, 4) is 0 Å². The first-order chi connectivity index (χ1) is 9.55. The van der Waals surface area contributed by atoms with Crippen LogP contribution in [-0.2, 0) is 4.79 Å². The van der Waals surface area contributed by atoms with Gasteiger partial charge in [0.2, 0.25) is 0 Å². The highest BCUT2D eigenvalue weighted by Crippen LogP contribution is 2.63. The van der Waals surface area contributed by atoms with Gasteiger partial charge in [0.25, 0.3) is 0 Å². The maximum atomic E-state index is 12.8. The fourth-order valence-corrected chi connectivity index (χ4v) is 6.42. The second kappa shape index (κ2) is 4.21. The minimum Gasteiger partial charge on any atom is -0.295 e. The van der Waals surface area contributed by atoms with Gasteiger partial charge in [-0.25, -0.2) is 0 Å². The Hall–Kier alpha value is -0.590. The summed E-state index contributed by atoms with van der Waals surface area (Å²) in [6.45, 7) is 4.95. The first kappa shape index (κ1) is 13.1. The summed E-state index contributed by atoms with van der Waals surface area (Å²) in [6.07, 6.45) is 14.0. The summed E-state index contributed by atoms with van der Waals surface area (Å²) in [5, 5.41) is 0. The van der Waals surface area contributed by atoms with Crippen LogP contribution in [0, 0.1) is 28.6 Å². The molecule has 0 aromatic carbocycles. The van der Waals surface area contributed by atoms with E-state index in [-0.39, 0.29) is 0 Å². The molecule has 1 nitrogen and oxygen atoms in total. The summed E-state index contributed by atoms with van der Waals surface area (Å²) in [5.74, 6) is 2.21. The predicted molar refractivity (Wildman–Crippen MR) is 81.3 cm³/mol. The third kappa shape index (κ3) is 1.58. The Balaban J connectivity index is 1.77.